The number of carbonyl (C=O) groups is 1. The number of morpholine rings is 1. The van der Waals surface area contributed by atoms with Crippen molar-refractivity contribution in [3.05, 3.63) is 18.1 Å². The van der Waals surface area contributed by atoms with E-state index in [1.165, 1.54) is 16.7 Å². The van der Waals surface area contributed by atoms with Crippen LogP contribution in [0.25, 0.3) is 0 Å². The number of hydrogen-bond acceptors (Lipinski definition) is 6. The molecule has 1 saturated heterocycles. The molecule has 0 aromatic carbocycles. The van der Waals surface area contributed by atoms with Crippen LogP contribution in [0.5, 0.6) is 0 Å². The molecule has 116 valence electrons. The van der Waals surface area contributed by atoms with Gasteiger partial charge in [-0.05, 0) is 13.8 Å². The third kappa shape index (κ3) is 3.65. The topological polar surface area (TPSA) is 122 Å². The number of anilines is 1. The van der Waals surface area contributed by atoms with Crippen LogP contribution in [0.2, 0.25) is 0 Å². The lowest BCUT2D eigenvalue weighted by molar-refractivity contribution is -0.0439. The van der Waals surface area contributed by atoms with Crippen LogP contribution in [0.4, 0.5) is 5.82 Å². The summed E-state index contributed by atoms with van der Waals surface area (Å²) in [4.78, 5) is 18.3. The number of nitrogens with one attached hydrogen (secondary N) is 1. The van der Waals surface area contributed by atoms with Gasteiger partial charge in [-0.3, -0.25) is 4.72 Å². The minimum atomic E-state index is -3.92. The fraction of sp³-hybridized carbons (Fsp3) is 0.545. The van der Waals surface area contributed by atoms with E-state index in [9.17, 15) is 13.2 Å². The van der Waals surface area contributed by atoms with E-state index in [0.717, 1.165) is 0 Å². The van der Waals surface area contributed by atoms with E-state index in [-0.39, 0.29) is 31.1 Å². The fourth-order valence-electron chi connectivity index (χ4n) is 2.08. The van der Waals surface area contributed by atoms with Gasteiger partial charge in [-0.15, -0.1) is 0 Å². The van der Waals surface area contributed by atoms with Crippen molar-refractivity contribution in [2.75, 3.05) is 17.8 Å². The maximum absolute atomic E-state index is 12.3. The molecule has 2 heterocycles. The van der Waals surface area contributed by atoms with E-state index in [2.05, 4.69) is 14.7 Å². The number of nitrogens with zero attached hydrogens (tertiary/aromatic N) is 3. The Labute approximate surface area is 122 Å². The van der Waals surface area contributed by atoms with Gasteiger partial charge in [0, 0.05) is 25.5 Å². The number of carboxylic acid groups (broad SMARTS) is 1. The Morgan fingerprint density at radius 3 is 2.48 bits per heavy atom. The van der Waals surface area contributed by atoms with Gasteiger partial charge in [0.2, 0.25) is 0 Å². The second-order valence-corrected chi connectivity index (χ2v) is 6.41. The van der Waals surface area contributed by atoms with Crippen molar-refractivity contribution in [2.45, 2.75) is 26.1 Å². The molecule has 1 fully saturated rings. The normalized spacial score (nSPS) is 23.7. The molecule has 21 heavy (non-hydrogen) atoms. The van der Waals surface area contributed by atoms with Gasteiger partial charge < -0.3 is 9.84 Å². The largest absolute Gasteiger partial charge is 0.476 e. The zero-order chi connectivity index (χ0) is 15.6. The first-order valence-electron chi connectivity index (χ1n) is 6.27. The first kappa shape index (κ1) is 15.6. The van der Waals surface area contributed by atoms with Crippen molar-refractivity contribution < 1.29 is 23.1 Å². The molecule has 1 aromatic rings. The lowest BCUT2D eigenvalue weighted by atomic mass is 10.3. The van der Waals surface area contributed by atoms with Crippen LogP contribution in [0.15, 0.2) is 12.4 Å². The maximum Gasteiger partial charge on any atom is 0.358 e. The van der Waals surface area contributed by atoms with Gasteiger partial charge in [0.1, 0.15) is 0 Å². The minimum absolute atomic E-state index is 0.183. The van der Waals surface area contributed by atoms with Crippen LogP contribution in [-0.4, -0.2) is 59.1 Å². The molecule has 2 atom stereocenters. The summed E-state index contributed by atoms with van der Waals surface area (Å²) < 4.78 is 33.5. The average molecular weight is 316 g/mol. The van der Waals surface area contributed by atoms with Gasteiger partial charge in [0.15, 0.2) is 11.5 Å². The summed E-state index contributed by atoms with van der Waals surface area (Å²) in [5.74, 6) is -1.67. The van der Waals surface area contributed by atoms with Crippen molar-refractivity contribution in [1.82, 2.24) is 14.3 Å². The van der Waals surface area contributed by atoms with Crippen LogP contribution >= 0.6 is 0 Å². The van der Waals surface area contributed by atoms with Gasteiger partial charge >= 0.3 is 16.2 Å². The molecule has 0 radical (unpaired) electrons. The second-order valence-electron chi connectivity index (χ2n) is 4.74. The Kier molecular flexibility index (Phi) is 4.40. The highest BCUT2D eigenvalue weighted by Crippen LogP contribution is 2.17. The van der Waals surface area contributed by atoms with E-state index in [4.69, 9.17) is 9.84 Å². The number of rotatable bonds is 4. The first-order chi connectivity index (χ1) is 9.79. The molecule has 2 unspecified atom stereocenters. The highest BCUT2D eigenvalue weighted by Gasteiger charge is 2.32. The van der Waals surface area contributed by atoms with E-state index >= 15 is 0 Å². The molecule has 0 spiro atoms. The number of hydrogen-bond donors (Lipinski definition) is 2. The van der Waals surface area contributed by atoms with Crippen LogP contribution in [0.1, 0.15) is 24.3 Å². The Morgan fingerprint density at radius 2 is 1.90 bits per heavy atom. The molecule has 1 aromatic heterocycles. The summed E-state index contributed by atoms with van der Waals surface area (Å²) in [5, 5.41) is 8.99. The van der Waals surface area contributed by atoms with Crippen LogP contribution < -0.4 is 4.72 Å². The van der Waals surface area contributed by atoms with Crippen LogP contribution in [-0.2, 0) is 14.9 Å². The molecule has 2 rings (SSSR count). The van der Waals surface area contributed by atoms with Gasteiger partial charge in [-0.2, -0.15) is 12.7 Å². The Balaban J connectivity index is 2.24. The summed E-state index contributed by atoms with van der Waals surface area (Å²) in [6.07, 6.45) is 1.91. The zero-order valence-corrected chi connectivity index (χ0v) is 12.4. The SMILES string of the molecule is CC1CN(S(=O)(=O)Nc2nccnc2C(=O)O)CC(C)O1. The first-order valence-corrected chi connectivity index (χ1v) is 7.71. The van der Waals surface area contributed by atoms with Crippen molar-refractivity contribution in [3.8, 4) is 0 Å². The molecule has 0 aliphatic carbocycles. The summed E-state index contributed by atoms with van der Waals surface area (Å²) in [6, 6.07) is 0. The van der Waals surface area contributed by atoms with Crippen molar-refractivity contribution in [3.63, 3.8) is 0 Å². The van der Waals surface area contributed by atoms with Gasteiger partial charge in [-0.25, -0.2) is 14.8 Å². The van der Waals surface area contributed by atoms with Crippen molar-refractivity contribution in [2.24, 2.45) is 0 Å². The molecule has 1 aliphatic heterocycles. The summed E-state index contributed by atoms with van der Waals surface area (Å²) in [7, 11) is -3.92. The lowest BCUT2D eigenvalue weighted by Gasteiger charge is -2.34. The van der Waals surface area contributed by atoms with E-state index < -0.39 is 21.9 Å². The van der Waals surface area contributed by atoms with Gasteiger partial charge in [0.05, 0.1) is 12.2 Å². The average Bonchev–Trinajstić information content (AvgIpc) is 2.37. The van der Waals surface area contributed by atoms with Gasteiger partial charge in [0.25, 0.3) is 0 Å². The van der Waals surface area contributed by atoms with Crippen molar-refractivity contribution >= 4 is 22.0 Å². The Morgan fingerprint density at radius 1 is 1.33 bits per heavy atom. The molecule has 0 saturated carbocycles. The number of aromatic nitrogens is 2. The molecule has 9 nitrogen and oxygen atoms in total. The molecule has 1 aliphatic rings. The number of ether oxygens (including phenoxy) is 1. The number of carboxylic acids is 1. The third-order valence-corrected chi connectivity index (χ3v) is 4.28. The smallest absolute Gasteiger partial charge is 0.358 e. The minimum Gasteiger partial charge on any atom is -0.476 e. The molecule has 10 heteroatoms. The monoisotopic (exact) mass is 316 g/mol. The summed E-state index contributed by atoms with van der Waals surface area (Å²) in [6.45, 7) is 3.90. The zero-order valence-electron chi connectivity index (χ0n) is 11.6. The molecule has 0 amide bonds. The Bertz CT molecular complexity index is 625. The van der Waals surface area contributed by atoms with E-state index in [1.807, 2.05) is 0 Å². The molecular formula is C11H16N4O5S. The highest BCUT2D eigenvalue weighted by atomic mass is 32.2. The predicted octanol–water partition coefficient (Wildman–Crippen LogP) is -0.0593. The summed E-state index contributed by atoms with van der Waals surface area (Å²) in [5.41, 5.74) is -0.449. The van der Waals surface area contributed by atoms with Gasteiger partial charge in [-0.1, -0.05) is 0 Å². The van der Waals surface area contributed by atoms with E-state index in [0.29, 0.717) is 0 Å². The highest BCUT2D eigenvalue weighted by molar-refractivity contribution is 7.90. The summed E-state index contributed by atoms with van der Waals surface area (Å²) >= 11 is 0. The molecule has 0 bridgehead atoms. The second kappa shape index (κ2) is 5.92. The molecular weight excluding hydrogens is 300 g/mol. The standard InChI is InChI=1S/C11H16N4O5S/c1-7-5-15(6-8(2)20-7)21(18,19)14-10-9(11(16)17)12-3-4-13-10/h3-4,7-8H,5-6H2,1-2H3,(H,13,14)(H,16,17). The quantitative estimate of drug-likeness (QED) is 0.798. The lowest BCUT2D eigenvalue weighted by Crippen LogP contribution is -2.50. The van der Waals surface area contributed by atoms with Crippen molar-refractivity contribution in [1.29, 1.82) is 0 Å². The fourth-order valence-corrected chi connectivity index (χ4v) is 3.42. The van der Waals surface area contributed by atoms with Crippen LogP contribution in [0, 0.1) is 0 Å². The van der Waals surface area contributed by atoms with E-state index in [1.54, 1.807) is 13.8 Å². The molecule has 2 N–H and O–H groups in total. The number of aromatic carboxylic acids is 1. The third-order valence-electron chi connectivity index (χ3n) is 2.85. The predicted molar refractivity (Wildman–Crippen MR) is 73.1 cm³/mol. The Hall–Kier alpha value is -1.78. The maximum atomic E-state index is 12.3. The van der Waals surface area contributed by atoms with Crippen LogP contribution in [0.3, 0.4) is 0 Å².